The zero-order chi connectivity index (χ0) is 18.3. The van der Waals surface area contributed by atoms with Crippen molar-refractivity contribution in [2.24, 2.45) is 11.8 Å². The maximum Gasteiger partial charge on any atom is 0.251 e. The number of aryl methyl sites for hydroxylation is 1. The summed E-state index contributed by atoms with van der Waals surface area (Å²) in [5.74, 6) is 1.17. The van der Waals surface area contributed by atoms with Gasteiger partial charge < -0.3 is 10.1 Å². The SMILES string of the molecule is Cc1ccc(C(=O)N[C@H]2C[C@@H]3CC[C@@H]2C3)cc1S(=O)(=O)N1CCOCC1. The molecular formula is C19H26N2O4S. The average molecular weight is 378 g/mol. The topological polar surface area (TPSA) is 75.7 Å². The number of hydrogen-bond donors (Lipinski definition) is 1. The molecule has 1 amide bonds. The fourth-order valence-corrected chi connectivity index (χ4v) is 6.28. The van der Waals surface area contributed by atoms with E-state index in [-0.39, 0.29) is 16.8 Å². The molecule has 6 nitrogen and oxygen atoms in total. The number of carbonyl (C=O) groups is 1. The second-order valence-corrected chi connectivity index (χ2v) is 9.66. The summed E-state index contributed by atoms with van der Waals surface area (Å²) < 4.78 is 32.6. The van der Waals surface area contributed by atoms with Crippen molar-refractivity contribution in [2.45, 2.75) is 43.5 Å². The lowest BCUT2D eigenvalue weighted by atomic mass is 9.95. The highest BCUT2D eigenvalue weighted by molar-refractivity contribution is 7.89. The van der Waals surface area contributed by atoms with Gasteiger partial charge in [0.15, 0.2) is 0 Å². The van der Waals surface area contributed by atoms with Gasteiger partial charge >= 0.3 is 0 Å². The normalized spacial score (nSPS) is 29.0. The van der Waals surface area contributed by atoms with Gasteiger partial charge in [-0.2, -0.15) is 4.31 Å². The molecule has 2 aliphatic carbocycles. The zero-order valence-electron chi connectivity index (χ0n) is 15.1. The molecule has 1 aliphatic heterocycles. The van der Waals surface area contributed by atoms with Crippen LogP contribution in [0.2, 0.25) is 0 Å². The first-order valence-electron chi connectivity index (χ1n) is 9.44. The van der Waals surface area contributed by atoms with Gasteiger partial charge in [-0.15, -0.1) is 0 Å². The number of amides is 1. The summed E-state index contributed by atoms with van der Waals surface area (Å²) in [5, 5.41) is 3.14. The van der Waals surface area contributed by atoms with Crippen molar-refractivity contribution in [1.82, 2.24) is 9.62 Å². The first-order valence-corrected chi connectivity index (χ1v) is 10.9. The Morgan fingerprint density at radius 1 is 1.19 bits per heavy atom. The first kappa shape index (κ1) is 17.9. The molecule has 3 atom stereocenters. The van der Waals surface area contributed by atoms with Crippen LogP contribution < -0.4 is 5.32 Å². The Hall–Kier alpha value is -1.44. The first-order chi connectivity index (χ1) is 12.4. The fourth-order valence-electron chi connectivity index (χ4n) is 4.62. The van der Waals surface area contributed by atoms with Crippen LogP contribution in [0.5, 0.6) is 0 Å². The second kappa shape index (κ2) is 6.94. The number of rotatable bonds is 4. The molecule has 7 heteroatoms. The van der Waals surface area contributed by atoms with Crippen LogP contribution >= 0.6 is 0 Å². The van der Waals surface area contributed by atoms with E-state index in [2.05, 4.69) is 5.32 Å². The van der Waals surface area contributed by atoms with Crippen molar-refractivity contribution >= 4 is 15.9 Å². The van der Waals surface area contributed by atoms with E-state index in [9.17, 15) is 13.2 Å². The Balaban J connectivity index is 1.54. The number of morpholine rings is 1. The van der Waals surface area contributed by atoms with Crippen LogP contribution in [0.4, 0.5) is 0 Å². The fraction of sp³-hybridized carbons (Fsp3) is 0.632. The lowest BCUT2D eigenvalue weighted by molar-refractivity contribution is 0.0730. The van der Waals surface area contributed by atoms with E-state index >= 15 is 0 Å². The molecule has 3 aliphatic rings. The lowest BCUT2D eigenvalue weighted by Crippen LogP contribution is -2.41. The van der Waals surface area contributed by atoms with Gasteiger partial charge in [-0.05, 0) is 55.7 Å². The molecule has 0 radical (unpaired) electrons. The third-order valence-corrected chi connectivity index (χ3v) is 8.13. The number of carbonyl (C=O) groups excluding carboxylic acids is 1. The smallest absolute Gasteiger partial charge is 0.251 e. The average Bonchev–Trinajstić information content (AvgIpc) is 3.25. The molecule has 1 heterocycles. The Bertz CT molecular complexity index is 802. The van der Waals surface area contributed by atoms with Crippen molar-refractivity contribution in [2.75, 3.05) is 26.3 Å². The third-order valence-electron chi connectivity index (χ3n) is 6.09. The number of fused-ring (bicyclic) bond motifs is 2. The van der Waals surface area contributed by atoms with Crippen molar-refractivity contribution in [3.8, 4) is 0 Å². The molecule has 0 unspecified atom stereocenters. The van der Waals surface area contributed by atoms with E-state index in [1.807, 2.05) is 0 Å². The van der Waals surface area contributed by atoms with Gasteiger partial charge in [0.05, 0.1) is 18.1 Å². The summed E-state index contributed by atoms with van der Waals surface area (Å²) >= 11 is 0. The minimum absolute atomic E-state index is 0.166. The van der Waals surface area contributed by atoms with E-state index in [1.165, 1.54) is 29.6 Å². The molecule has 2 bridgehead atoms. The van der Waals surface area contributed by atoms with E-state index < -0.39 is 10.0 Å². The van der Waals surface area contributed by atoms with Crippen LogP contribution in [0, 0.1) is 18.8 Å². The summed E-state index contributed by atoms with van der Waals surface area (Å²) in [7, 11) is -3.61. The van der Waals surface area contributed by atoms with Crippen LogP contribution in [0.25, 0.3) is 0 Å². The minimum Gasteiger partial charge on any atom is -0.379 e. The molecule has 0 spiro atoms. The minimum atomic E-state index is -3.61. The lowest BCUT2D eigenvalue weighted by Gasteiger charge is -2.27. The highest BCUT2D eigenvalue weighted by Gasteiger charge is 2.40. The van der Waals surface area contributed by atoms with Gasteiger partial charge in [-0.1, -0.05) is 12.5 Å². The van der Waals surface area contributed by atoms with Crippen molar-refractivity contribution in [3.05, 3.63) is 29.3 Å². The van der Waals surface area contributed by atoms with Crippen molar-refractivity contribution in [1.29, 1.82) is 0 Å². The number of nitrogens with one attached hydrogen (secondary N) is 1. The maximum atomic E-state index is 13.0. The van der Waals surface area contributed by atoms with E-state index in [0.29, 0.717) is 43.3 Å². The predicted octanol–water partition coefficient (Wildman–Crippen LogP) is 1.93. The number of hydrogen-bond acceptors (Lipinski definition) is 4. The maximum absolute atomic E-state index is 13.0. The van der Waals surface area contributed by atoms with Gasteiger partial charge in [-0.25, -0.2) is 8.42 Å². The Morgan fingerprint density at radius 2 is 1.96 bits per heavy atom. The molecule has 1 aromatic rings. The molecule has 1 N–H and O–H groups in total. The van der Waals surface area contributed by atoms with Crippen LogP contribution in [0.15, 0.2) is 23.1 Å². The zero-order valence-corrected chi connectivity index (χ0v) is 15.9. The van der Waals surface area contributed by atoms with Crippen molar-refractivity contribution < 1.29 is 17.9 Å². The summed E-state index contributed by atoms with van der Waals surface area (Å²) in [6, 6.07) is 5.21. The summed E-state index contributed by atoms with van der Waals surface area (Å²) in [6.45, 7) is 3.28. The van der Waals surface area contributed by atoms with Gasteiger partial charge in [0.1, 0.15) is 0 Å². The number of benzene rings is 1. The largest absolute Gasteiger partial charge is 0.379 e. The van der Waals surface area contributed by atoms with Gasteiger partial charge in [0.25, 0.3) is 5.91 Å². The van der Waals surface area contributed by atoms with Gasteiger partial charge in [-0.3, -0.25) is 4.79 Å². The molecule has 4 rings (SSSR count). The molecule has 1 aromatic carbocycles. The van der Waals surface area contributed by atoms with E-state index in [0.717, 1.165) is 12.3 Å². The highest BCUT2D eigenvalue weighted by Crippen LogP contribution is 2.44. The van der Waals surface area contributed by atoms with E-state index in [1.54, 1.807) is 19.1 Å². The Morgan fingerprint density at radius 3 is 2.62 bits per heavy atom. The quantitative estimate of drug-likeness (QED) is 0.869. The molecule has 142 valence electrons. The van der Waals surface area contributed by atoms with Crippen LogP contribution in [-0.2, 0) is 14.8 Å². The monoisotopic (exact) mass is 378 g/mol. The van der Waals surface area contributed by atoms with Crippen LogP contribution in [0.1, 0.15) is 41.6 Å². The second-order valence-electron chi connectivity index (χ2n) is 7.75. The van der Waals surface area contributed by atoms with Gasteiger partial charge in [0.2, 0.25) is 10.0 Å². The highest BCUT2D eigenvalue weighted by atomic mass is 32.2. The molecule has 3 fully saturated rings. The molecule has 1 saturated heterocycles. The predicted molar refractivity (Wildman–Crippen MR) is 97.5 cm³/mol. The standard InChI is InChI=1S/C19H26N2O4S/c1-13-2-4-16(19(22)20-17-11-14-3-5-15(17)10-14)12-18(13)26(23,24)21-6-8-25-9-7-21/h2,4,12,14-15,17H,3,5-11H2,1H3,(H,20,22)/t14-,15-,17+/m1/s1. The van der Waals surface area contributed by atoms with E-state index in [4.69, 9.17) is 4.74 Å². The summed E-state index contributed by atoms with van der Waals surface area (Å²) in [6.07, 6.45) is 4.75. The molecular weight excluding hydrogens is 352 g/mol. The number of nitrogens with zero attached hydrogens (tertiary/aromatic N) is 1. The molecule has 26 heavy (non-hydrogen) atoms. The number of sulfonamides is 1. The van der Waals surface area contributed by atoms with Crippen LogP contribution in [0.3, 0.4) is 0 Å². The molecule has 0 aromatic heterocycles. The number of ether oxygens (including phenoxy) is 1. The van der Waals surface area contributed by atoms with Crippen molar-refractivity contribution in [3.63, 3.8) is 0 Å². The Kier molecular flexibility index (Phi) is 4.79. The Labute approximate surface area is 155 Å². The summed E-state index contributed by atoms with van der Waals surface area (Å²) in [4.78, 5) is 12.9. The third kappa shape index (κ3) is 3.28. The molecule has 2 saturated carbocycles. The summed E-state index contributed by atoms with van der Waals surface area (Å²) in [5.41, 5.74) is 1.08. The van der Waals surface area contributed by atoms with Gasteiger partial charge in [0, 0.05) is 24.7 Å². The van der Waals surface area contributed by atoms with Crippen LogP contribution in [-0.4, -0.2) is 51.0 Å².